The summed E-state index contributed by atoms with van der Waals surface area (Å²) in [5.41, 5.74) is 3.90. The number of hydrogen-bond donors (Lipinski definition) is 1. The number of rotatable bonds is 6. The first-order valence-electron chi connectivity index (χ1n) is 9.12. The quantitative estimate of drug-likeness (QED) is 0.126. The Morgan fingerprint density at radius 2 is 1.84 bits per heavy atom. The van der Waals surface area contributed by atoms with Gasteiger partial charge in [-0.1, -0.05) is 40.2 Å². The number of nitriles is 1. The number of nitrogens with one attached hydrogen (secondary N) is 1. The minimum absolute atomic E-state index is 0.500. The van der Waals surface area contributed by atoms with Gasteiger partial charge in [0.2, 0.25) is 0 Å². The van der Waals surface area contributed by atoms with Crippen LogP contribution in [0.25, 0.3) is 17.1 Å². The van der Waals surface area contributed by atoms with Crippen LogP contribution in [0, 0.1) is 18.5 Å². The van der Waals surface area contributed by atoms with Gasteiger partial charge in [0.25, 0.3) is 0 Å². The first kappa shape index (κ1) is 22.6. The van der Waals surface area contributed by atoms with E-state index in [1.165, 1.54) is 11.8 Å². The molecule has 0 fully saturated rings. The number of thioether (sulfide) groups is 1. The van der Waals surface area contributed by atoms with Crippen LogP contribution in [0.15, 0.2) is 75.2 Å². The van der Waals surface area contributed by atoms with Crippen molar-refractivity contribution in [2.75, 3.05) is 0 Å². The summed E-state index contributed by atoms with van der Waals surface area (Å²) < 4.78 is 9.12. The van der Waals surface area contributed by atoms with E-state index in [0.717, 1.165) is 39.5 Å². The number of H-pyrrole nitrogens is 1. The molecular formula is C23H14BrI2N3OS. The minimum atomic E-state index is 0.500. The molecule has 0 aliphatic heterocycles. The minimum Gasteiger partial charge on any atom is -0.487 e. The molecule has 1 heterocycles. The number of ether oxygens (including phenoxy) is 1. The predicted octanol–water partition coefficient (Wildman–Crippen LogP) is 7.77. The van der Waals surface area contributed by atoms with Crippen molar-refractivity contribution in [1.82, 2.24) is 9.97 Å². The van der Waals surface area contributed by atoms with Crippen LogP contribution in [0.2, 0.25) is 0 Å². The number of para-hydroxylation sites is 2. The Kier molecular flexibility index (Phi) is 7.58. The summed E-state index contributed by atoms with van der Waals surface area (Å²) in [6.07, 6.45) is 1.88. The molecule has 4 rings (SSSR count). The lowest BCUT2D eigenvalue weighted by Gasteiger charge is -2.12. The molecule has 154 valence electrons. The van der Waals surface area contributed by atoms with E-state index in [4.69, 9.17) is 4.74 Å². The van der Waals surface area contributed by atoms with Crippen molar-refractivity contribution >= 4 is 90.0 Å². The first-order chi connectivity index (χ1) is 15.0. The number of benzene rings is 3. The molecule has 0 aliphatic carbocycles. The van der Waals surface area contributed by atoms with Gasteiger partial charge in [0.05, 0.1) is 23.1 Å². The molecule has 0 aliphatic rings. The molecule has 0 unspecified atom stereocenters. The van der Waals surface area contributed by atoms with Crippen molar-refractivity contribution in [2.45, 2.75) is 11.8 Å². The third kappa shape index (κ3) is 5.83. The molecule has 0 bridgehead atoms. The van der Waals surface area contributed by atoms with E-state index in [2.05, 4.69) is 77.1 Å². The van der Waals surface area contributed by atoms with Crippen molar-refractivity contribution in [1.29, 1.82) is 5.26 Å². The summed E-state index contributed by atoms with van der Waals surface area (Å²) in [6.45, 7) is 0.500. The van der Waals surface area contributed by atoms with Gasteiger partial charge in [-0.2, -0.15) is 5.26 Å². The molecule has 0 spiro atoms. The molecule has 1 N–H and O–H groups in total. The van der Waals surface area contributed by atoms with Crippen molar-refractivity contribution in [2.24, 2.45) is 0 Å². The Hall–Kier alpha value is -1.55. The standard InChI is InChI=1S/C23H14BrI2N3OS/c24-16-7-5-14(6-8-16)13-30-22-18(25)10-15(11-19(22)26)9-17(12-27)31-23-28-20-3-1-2-4-21(20)29-23/h1-11H,13H2,(H,28,29)/b17-9+. The Balaban J connectivity index is 1.52. The van der Waals surface area contributed by atoms with Gasteiger partial charge in [0.15, 0.2) is 5.16 Å². The Morgan fingerprint density at radius 1 is 1.13 bits per heavy atom. The molecule has 3 aromatic carbocycles. The first-order valence-corrected chi connectivity index (χ1v) is 12.9. The second kappa shape index (κ2) is 10.4. The zero-order chi connectivity index (χ0) is 21.8. The number of nitrogens with zero attached hydrogens (tertiary/aromatic N) is 2. The molecular weight excluding hydrogens is 700 g/mol. The second-order valence-corrected chi connectivity index (χ2v) is 10.8. The third-order valence-corrected chi connectivity index (χ3v) is 7.25. The normalized spacial score (nSPS) is 11.5. The van der Waals surface area contributed by atoms with Gasteiger partial charge in [0, 0.05) is 4.47 Å². The van der Waals surface area contributed by atoms with Crippen molar-refractivity contribution in [3.05, 3.63) is 88.3 Å². The summed E-state index contributed by atoms with van der Waals surface area (Å²) in [5, 5.41) is 10.3. The predicted molar refractivity (Wildman–Crippen MR) is 146 cm³/mol. The Morgan fingerprint density at radius 3 is 2.52 bits per heavy atom. The maximum Gasteiger partial charge on any atom is 0.171 e. The average molecular weight is 714 g/mol. The topological polar surface area (TPSA) is 61.7 Å². The van der Waals surface area contributed by atoms with Crippen LogP contribution >= 0.6 is 72.9 Å². The molecule has 8 heteroatoms. The molecule has 0 saturated heterocycles. The lowest BCUT2D eigenvalue weighted by Crippen LogP contribution is -1.99. The van der Waals surface area contributed by atoms with Crippen molar-refractivity contribution in [3.8, 4) is 11.8 Å². The number of allylic oxidation sites excluding steroid dienone is 1. The molecule has 1 aromatic heterocycles. The highest BCUT2D eigenvalue weighted by Crippen LogP contribution is 2.32. The van der Waals surface area contributed by atoms with E-state index in [9.17, 15) is 5.26 Å². The summed E-state index contributed by atoms with van der Waals surface area (Å²) in [5.74, 6) is 0.852. The van der Waals surface area contributed by atoms with E-state index >= 15 is 0 Å². The third-order valence-electron chi connectivity index (χ3n) is 4.30. The second-order valence-electron chi connectivity index (χ2n) is 6.51. The van der Waals surface area contributed by atoms with Crippen molar-refractivity contribution in [3.63, 3.8) is 0 Å². The van der Waals surface area contributed by atoms with Gasteiger partial charge >= 0.3 is 0 Å². The van der Waals surface area contributed by atoms with E-state index in [0.29, 0.717) is 16.7 Å². The number of halogens is 3. The monoisotopic (exact) mass is 713 g/mol. The number of aromatic nitrogens is 2. The molecule has 4 nitrogen and oxygen atoms in total. The van der Waals surface area contributed by atoms with Gasteiger partial charge in [0.1, 0.15) is 18.4 Å². The fraction of sp³-hybridized carbons (Fsp3) is 0.0435. The molecule has 0 radical (unpaired) electrons. The number of imidazole rings is 1. The average Bonchev–Trinajstić information content (AvgIpc) is 3.16. The van der Waals surface area contributed by atoms with Crippen LogP contribution < -0.4 is 4.74 Å². The van der Waals surface area contributed by atoms with Crippen molar-refractivity contribution < 1.29 is 4.74 Å². The highest BCUT2D eigenvalue weighted by Gasteiger charge is 2.11. The maximum atomic E-state index is 9.63. The summed E-state index contributed by atoms with van der Waals surface area (Å²) in [7, 11) is 0. The summed E-state index contributed by atoms with van der Waals surface area (Å²) >= 11 is 9.33. The van der Waals surface area contributed by atoms with Crippen LogP contribution in [0.1, 0.15) is 11.1 Å². The van der Waals surface area contributed by atoms with Gasteiger partial charge in [-0.25, -0.2) is 4.98 Å². The number of aromatic amines is 1. The lowest BCUT2D eigenvalue weighted by molar-refractivity contribution is 0.301. The van der Waals surface area contributed by atoms with Crippen LogP contribution in [0.5, 0.6) is 5.75 Å². The Labute approximate surface area is 219 Å². The summed E-state index contributed by atoms with van der Waals surface area (Å²) in [4.78, 5) is 8.35. The highest BCUT2D eigenvalue weighted by molar-refractivity contribution is 14.1. The van der Waals surface area contributed by atoms with Crippen LogP contribution in [0.3, 0.4) is 0 Å². The molecule has 0 amide bonds. The molecule has 4 aromatic rings. The lowest BCUT2D eigenvalue weighted by atomic mass is 10.2. The maximum absolute atomic E-state index is 9.63. The van der Waals surface area contributed by atoms with Gasteiger partial charge < -0.3 is 9.72 Å². The SMILES string of the molecule is N#C/C(=C\c1cc(I)c(OCc2ccc(Br)cc2)c(I)c1)Sc1nc2ccccc2[nH]1. The van der Waals surface area contributed by atoms with E-state index < -0.39 is 0 Å². The molecule has 0 saturated carbocycles. The molecule has 0 atom stereocenters. The fourth-order valence-corrected chi connectivity index (χ4v) is 6.00. The van der Waals surface area contributed by atoms with Crippen LogP contribution in [0.4, 0.5) is 0 Å². The van der Waals surface area contributed by atoms with E-state index in [1.54, 1.807) is 0 Å². The Bertz CT molecular complexity index is 1260. The van der Waals surface area contributed by atoms with E-state index in [-0.39, 0.29) is 0 Å². The molecule has 31 heavy (non-hydrogen) atoms. The van der Waals surface area contributed by atoms with Gasteiger partial charge in [-0.15, -0.1) is 0 Å². The van der Waals surface area contributed by atoms with Gasteiger partial charge in [-0.05, 0) is 111 Å². The van der Waals surface area contributed by atoms with Gasteiger partial charge in [-0.3, -0.25) is 0 Å². The van der Waals surface area contributed by atoms with Crippen LogP contribution in [-0.4, -0.2) is 9.97 Å². The fourth-order valence-electron chi connectivity index (χ4n) is 2.85. The highest BCUT2D eigenvalue weighted by atomic mass is 127. The zero-order valence-corrected chi connectivity index (χ0v) is 22.6. The summed E-state index contributed by atoms with van der Waals surface area (Å²) in [6, 6.07) is 22.2. The van der Waals surface area contributed by atoms with Crippen LogP contribution in [-0.2, 0) is 6.61 Å². The smallest absolute Gasteiger partial charge is 0.171 e. The number of fused-ring (bicyclic) bond motifs is 1. The van der Waals surface area contributed by atoms with E-state index in [1.807, 2.05) is 66.7 Å². The number of hydrogen-bond acceptors (Lipinski definition) is 4. The zero-order valence-electron chi connectivity index (χ0n) is 15.9. The largest absolute Gasteiger partial charge is 0.487 e.